The number of hydrogen-bond donors (Lipinski definition) is 0. The van der Waals surface area contributed by atoms with E-state index in [9.17, 15) is 0 Å². The fraction of sp³-hybridized carbons (Fsp3) is 0.391. The van der Waals surface area contributed by atoms with E-state index >= 15 is 0 Å². The molecule has 6 nitrogen and oxygen atoms in total. The molecule has 0 aliphatic heterocycles. The van der Waals surface area contributed by atoms with Gasteiger partial charge in [-0.1, -0.05) is 43.2 Å². The molecule has 7 heteroatoms. The average Bonchev–Trinajstić information content (AvgIpc) is 3.36. The van der Waals surface area contributed by atoms with Crippen LogP contribution in [0.1, 0.15) is 38.1 Å². The third kappa shape index (κ3) is 3.62. The van der Waals surface area contributed by atoms with Crippen LogP contribution in [0, 0.1) is 0 Å². The third-order valence-corrected chi connectivity index (χ3v) is 6.69. The van der Waals surface area contributed by atoms with Crippen molar-refractivity contribution in [3.05, 3.63) is 48.5 Å². The summed E-state index contributed by atoms with van der Waals surface area (Å²) in [7, 11) is 1.66. The molecule has 1 fully saturated rings. The second-order valence-corrected chi connectivity index (χ2v) is 8.70. The van der Waals surface area contributed by atoms with Crippen LogP contribution < -0.4 is 9.47 Å². The number of nitrogens with zero attached hydrogens (tertiary/aromatic N) is 4. The maximum Gasteiger partial charge on any atom is 0.237 e. The molecule has 0 saturated heterocycles. The van der Waals surface area contributed by atoms with Gasteiger partial charge in [-0.25, -0.2) is 0 Å². The number of ether oxygens (including phenoxy) is 2. The monoisotopic (exact) mass is 422 g/mol. The van der Waals surface area contributed by atoms with E-state index in [0.717, 1.165) is 28.2 Å². The van der Waals surface area contributed by atoms with Crippen LogP contribution in [-0.4, -0.2) is 38.6 Å². The van der Waals surface area contributed by atoms with Gasteiger partial charge in [0.25, 0.3) is 0 Å². The predicted molar refractivity (Wildman–Crippen MR) is 120 cm³/mol. The zero-order valence-electron chi connectivity index (χ0n) is 17.2. The summed E-state index contributed by atoms with van der Waals surface area (Å²) >= 11 is 1.68. The normalized spacial score (nSPS) is 15.1. The standard InChI is InChI=1S/C23H26N4O2S/c1-28-18-11-13-19(14-12-18)29-15-16-30-23-25-24-22-26(17-7-3-2-4-8-17)20-9-5-6-10-21(20)27(22)23/h5-6,9-14,17H,2-4,7-8,15-16H2,1H3. The minimum Gasteiger partial charge on any atom is -0.497 e. The first-order valence-electron chi connectivity index (χ1n) is 10.6. The van der Waals surface area contributed by atoms with Gasteiger partial charge in [0.1, 0.15) is 11.5 Å². The quantitative estimate of drug-likeness (QED) is 0.296. The summed E-state index contributed by atoms with van der Waals surface area (Å²) in [5, 5.41) is 10.0. The fourth-order valence-electron chi connectivity index (χ4n) is 4.35. The number of fused-ring (bicyclic) bond motifs is 3. The zero-order chi connectivity index (χ0) is 20.3. The molecule has 0 amide bonds. The number of benzene rings is 2. The van der Waals surface area contributed by atoms with Crippen molar-refractivity contribution in [1.82, 2.24) is 19.2 Å². The molecule has 2 aromatic carbocycles. The van der Waals surface area contributed by atoms with Gasteiger partial charge in [0.05, 0.1) is 24.8 Å². The summed E-state index contributed by atoms with van der Waals surface area (Å²) in [4.78, 5) is 0. The molecule has 0 N–H and O–H groups in total. The lowest BCUT2D eigenvalue weighted by Crippen LogP contribution is -2.13. The number of rotatable bonds is 7. The Bertz CT molecular complexity index is 1130. The first-order chi connectivity index (χ1) is 14.8. The number of methoxy groups -OCH3 is 1. The lowest BCUT2D eigenvalue weighted by Gasteiger charge is -2.23. The topological polar surface area (TPSA) is 53.6 Å². The largest absolute Gasteiger partial charge is 0.497 e. The van der Waals surface area contributed by atoms with Crippen LogP contribution in [0.4, 0.5) is 0 Å². The summed E-state index contributed by atoms with van der Waals surface area (Å²) in [5.41, 5.74) is 2.44. The van der Waals surface area contributed by atoms with Crippen LogP contribution >= 0.6 is 11.8 Å². The Morgan fingerprint density at radius 2 is 1.67 bits per heavy atom. The van der Waals surface area contributed by atoms with Gasteiger partial charge in [0.15, 0.2) is 5.16 Å². The maximum absolute atomic E-state index is 5.86. The van der Waals surface area contributed by atoms with Crippen molar-refractivity contribution in [2.24, 2.45) is 0 Å². The molecular formula is C23H26N4O2S. The lowest BCUT2D eigenvalue weighted by atomic mass is 9.95. The van der Waals surface area contributed by atoms with Crippen LogP contribution in [0.2, 0.25) is 0 Å². The Balaban J connectivity index is 1.35. The van der Waals surface area contributed by atoms with Crippen molar-refractivity contribution in [2.75, 3.05) is 19.5 Å². The number of thioether (sulfide) groups is 1. The molecule has 0 radical (unpaired) electrons. The Morgan fingerprint density at radius 3 is 2.43 bits per heavy atom. The van der Waals surface area contributed by atoms with Gasteiger partial charge in [-0.2, -0.15) is 0 Å². The lowest BCUT2D eigenvalue weighted by molar-refractivity contribution is 0.342. The average molecular weight is 423 g/mol. The van der Waals surface area contributed by atoms with Crippen molar-refractivity contribution < 1.29 is 9.47 Å². The third-order valence-electron chi connectivity index (χ3n) is 5.80. The maximum atomic E-state index is 5.86. The molecule has 0 spiro atoms. The van der Waals surface area contributed by atoms with Crippen molar-refractivity contribution in [1.29, 1.82) is 0 Å². The molecule has 1 aliphatic carbocycles. The van der Waals surface area contributed by atoms with Gasteiger partial charge in [0, 0.05) is 11.8 Å². The van der Waals surface area contributed by atoms with E-state index in [1.165, 1.54) is 43.1 Å². The van der Waals surface area contributed by atoms with E-state index in [4.69, 9.17) is 9.47 Å². The summed E-state index contributed by atoms with van der Waals surface area (Å²) in [6.45, 7) is 0.604. The second-order valence-electron chi connectivity index (χ2n) is 7.64. The van der Waals surface area contributed by atoms with Gasteiger partial charge in [-0.15, -0.1) is 10.2 Å². The molecule has 5 rings (SSSR count). The van der Waals surface area contributed by atoms with Crippen molar-refractivity contribution in [2.45, 2.75) is 43.3 Å². The molecule has 1 saturated carbocycles. The summed E-state index contributed by atoms with van der Waals surface area (Å²) < 4.78 is 15.7. The number of aromatic nitrogens is 4. The van der Waals surface area contributed by atoms with E-state index in [2.05, 4.69) is 43.4 Å². The van der Waals surface area contributed by atoms with Crippen molar-refractivity contribution in [3.8, 4) is 11.5 Å². The van der Waals surface area contributed by atoms with E-state index in [1.54, 1.807) is 18.9 Å². The minimum absolute atomic E-state index is 0.515. The molecular weight excluding hydrogens is 396 g/mol. The predicted octanol–water partition coefficient (Wildman–Crippen LogP) is 5.37. The Hall–Kier alpha value is -2.67. The first kappa shape index (κ1) is 19.3. The Kier molecular flexibility index (Phi) is 5.53. The van der Waals surface area contributed by atoms with Gasteiger partial charge < -0.3 is 14.0 Å². The fourth-order valence-corrected chi connectivity index (χ4v) is 5.11. The van der Waals surface area contributed by atoms with E-state index < -0.39 is 0 Å². The van der Waals surface area contributed by atoms with Crippen molar-refractivity contribution in [3.63, 3.8) is 0 Å². The Morgan fingerprint density at radius 1 is 0.933 bits per heavy atom. The molecule has 2 aromatic heterocycles. The van der Waals surface area contributed by atoms with Gasteiger partial charge in [0.2, 0.25) is 5.78 Å². The highest BCUT2D eigenvalue weighted by Gasteiger charge is 2.23. The first-order valence-corrected chi connectivity index (χ1v) is 11.6. The van der Waals surface area contributed by atoms with Crippen LogP contribution in [0.5, 0.6) is 11.5 Å². The summed E-state index contributed by atoms with van der Waals surface area (Å²) in [6, 6.07) is 16.8. The van der Waals surface area contributed by atoms with E-state index in [-0.39, 0.29) is 0 Å². The van der Waals surface area contributed by atoms with Crippen LogP contribution in [-0.2, 0) is 0 Å². The van der Waals surface area contributed by atoms with E-state index in [0.29, 0.717) is 12.6 Å². The Labute approximate surface area is 180 Å². The van der Waals surface area contributed by atoms with Crippen LogP contribution in [0.3, 0.4) is 0 Å². The van der Waals surface area contributed by atoms with Gasteiger partial charge >= 0.3 is 0 Å². The smallest absolute Gasteiger partial charge is 0.237 e. The molecule has 4 aromatic rings. The van der Waals surface area contributed by atoms with Crippen LogP contribution in [0.15, 0.2) is 53.7 Å². The number of hydrogen-bond acceptors (Lipinski definition) is 5. The molecule has 0 bridgehead atoms. The summed E-state index contributed by atoms with van der Waals surface area (Å²) in [6.07, 6.45) is 6.37. The van der Waals surface area contributed by atoms with Crippen molar-refractivity contribution >= 4 is 28.6 Å². The van der Waals surface area contributed by atoms with Crippen LogP contribution in [0.25, 0.3) is 16.8 Å². The molecule has 0 atom stereocenters. The molecule has 2 heterocycles. The minimum atomic E-state index is 0.515. The highest BCUT2D eigenvalue weighted by atomic mass is 32.2. The number of para-hydroxylation sites is 2. The molecule has 30 heavy (non-hydrogen) atoms. The number of imidazole rings is 1. The highest BCUT2D eigenvalue weighted by molar-refractivity contribution is 7.99. The SMILES string of the molecule is COc1ccc(OCCSc2nnc3n(C4CCCCC4)c4ccccc4n23)cc1. The van der Waals surface area contributed by atoms with E-state index in [1.807, 2.05) is 24.3 Å². The molecule has 0 unspecified atom stereocenters. The van der Waals surface area contributed by atoms with Gasteiger partial charge in [-0.05, 0) is 49.2 Å². The van der Waals surface area contributed by atoms with Gasteiger partial charge in [-0.3, -0.25) is 4.40 Å². The second kappa shape index (κ2) is 8.60. The molecule has 156 valence electrons. The summed E-state index contributed by atoms with van der Waals surface area (Å²) in [5.74, 6) is 3.44. The zero-order valence-corrected chi connectivity index (χ0v) is 18.0. The molecule has 1 aliphatic rings. The highest BCUT2D eigenvalue weighted by Crippen LogP contribution is 2.35.